The van der Waals surface area contributed by atoms with Crippen molar-refractivity contribution in [3.63, 3.8) is 0 Å². The summed E-state index contributed by atoms with van der Waals surface area (Å²) in [6.45, 7) is 3.81. The van der Waals surface area contributed by atoms with Crippen molar-refractivity contribution in [2.75, 3.05) is 0 Å². The number of benzene rings is 1. The van der Waals surface area contributed by atoms with E-state index in [-0.39, 0.29) is 18.1 Å². The third-order valence-corrected chi connectivity index (χ3v) is 3.97. The zero-order chi connectivity index (χ0) is 17.8. The Hall–Kier alpha value is -3.16. The molecule has 0 saturated carbocycles. The molecule has 2 atom stereocenters. The molecule has 8 heteroatoms. The molecule has 2 amide bonds. The fourth-order valence-electron chi connectivity index (χ4n) is 2.63. The number of carbonyl (C=O) groups excluding carboxylic acids is 1. The minimum absolute atomic E-state index is 0.151. The van der Waals surface area contributed by atoms with E-state index in [1.54, 1.807) is 21.8 Å². The van der Waals surface area contributed by atoms with Crippen LogP contribution in [0.5, 0.6) is 0 Å². The SMILES string of the molecule is CC(NC(=O)NC(C)c1nncn1C)c1cccc(-n2cccn2)c1. The predicted molar refractivity (Wildman–Crippen MR) is 93.1 cm³/mol. The zero-order valence-electron chi connectivity index (χ0n) is 14.4. The molecule has 2 unspecified atom stereocenters. The first kappa shape index (κ1) is 16.7. The largest absolute Gasteiger partial charge is 0.332 e. The molecule has 0 spiro atoms. The number of aromatic nitrogens is 5. The van der Waals surface area contributed by atoms with E-state index in [2.05, 4.69) is 25.9 Å². The minimum atomic E-state index is -0.257. The molecule has 0 radical (unpaired) electrons. The second kappa shape index (κ2) is 7.16. The molecule has 2 N–H and O–H groups in total. The lowest BCUT2D eigenvalue weighted by Gasteiger charge is -2.18. The monoisotopic (exact) mass is 339 g/mol. The van der Waals surface area contributed by atoms with E-state index in [0.717, 1.165) is 11.3 Å². The molecule has 0 saturated heterocycles. The molecule has 2 aromatic heterocycles. The number of hydrogen-bond donors (Lipinski definition) is 2. The van der Waals surface area contributed by atoms with Crippen molar-refractivity contribution in [1.29, 1.82) is 0 Å². The van der Waals surface area contributed by atoms with Crippen LogP contribution in [0.3, 0.4) is 0 Å². The molecule has 130 valence electrons. The van der Waals surface area contributed by atoms with Crippen LogP contribution in [0.2, 0.25) is 0 Å². The second-order valence-corrected chi connectivity index (χ2v) is 5.91. The quantitative estimate of drug-likeness (QED) is 0.745. The molecule has 25 heavy (non-hydrogen) atoms. The topological polar surface area (TPSA) is 89.7 Å². The second-order valence-electron chi connectivity index (χ2n) is 5.91. The lowest BCUT2D eigenvalue weighted by Crippen LogP contribution is -2.39. The Labute approximate surface area is 145 Å². The van der Waals surface area contributed by atoms with Gasteiger partial charge in [0, 0.05) is 19.4 Å². The van der Waals surface area contributed by atoms with Gasteiger partial charge in [-0.1, -0.05) is 12.1 Å². The number of urea groups is 1. The molecule has 3 aromatic rings. The van der Waals surface area contributed by atoms with Crippen molar-refractivity contribution < 1.29 is 4.79 Å². The molecule has 0 aliphatic heterocycles. The summed E-state index contributed by atoms with van der Waals surface area (Å²) in [6.07, 6.45) is 5.22. The molecule has 0 aliphatic carbocycles. The summed E-state index contributed by atoms with van der Waals surface area (Å²) < 4.78 is 3.56. The van der Waals surface area contributed by atoms with Gasteiger partial charge < -0.3 is 15.2 Å². The Kier molecular flexibility index (Phi) is 4.78. The standard InChI is InChI=1S/C17H21N7O/c1-12(14-6-4-7-15(10-14)24-9-5-8-19-24)20-17(25)21-13(2)16-22-18-11-23(16)3/h4-13H,1-3H3,(H2,20,21,25). The van der Waals surface area contributed by atoms with Crippen LogP contribution in [0.1, 0.15) is 37.3 Å². The summed E-state index contributed by atoms with van der Waals surface area (Å²) in [5.41, 5.74) is 1.94. The van der Waals surface area contributed by atoms with Gasteiger partial charge in [0.15, 0.2) is 5.82 Å². The maximum atomic E-state index is 12.3. The van der Waals surface area contributed by atoms with E-state index in [4.69, 9.17) is 0 Å². The minimum Gasteiger partial charge on any atom is -0.332 e. The van der Waals surface area contributed by atoms with E-state index >= 15 is 0 Å². The van der Waals surface area contributed by atoms with Crippen LogP contribution in [-0.2, 0) is 7.05 Å². The van der Waals surface area contributed by atoms with Crippen LogP contribution in [0.25, 0.3) is 5.69 Å². The van der Waals surface area contributed by atoms with Crippen molar-refractivity contribution in [1.82, 2.24) is 35.2 Å². The van der Waals surface area contributed by atoms with Crippen molar-refractivity contribution in [2.45, 2.75) is 25.9 Å². The number of aryl methyl sites for hydroxylation is 1. The summed E-state index contributed by atoms with van der Waals surface area (Å²) in [5.74, 6) is 0.698. The highest BCUT2D eigenvalue weighted by Crippen LogP contribution is 2.16. The normalized spacial score (nSPS) is 13.2. The highest BCUT2D eigenvalue weighted by Gasteiger charge is 2.16. The van der Waals surface area contributed by atoms with Crippen LogP contribution in [-0.4, -0.2) is 30.6 Å². The highest BCUT2D eigenvalue weighted by molar-refractivity contribution is 5.74. The van der Waals surface area contributed by atoms with Crippen LogP contribution in [0.4, 0.5) is 4.79 Å². The van der Waals surface area contributed by atoms with Gasteiger partial charge in [0.05, 0.1) is 17.8 Å². The Bertz CT molecular complexity index is 840. The van der Waals surface area contributed by atoms with Crippen molar-refractivity contribution in [3.05, 3.63) is 60.4 Å². The van der Waals surface area contributed by atoms with Gasteiger partial charge >= 0.3 is 6.03 Å². The van der Waals surface area contributed by atoms with Gasteiger partial charge in [-0.3, -0.25) is 0 Å². The number of nitrogens with one attached hydrogen (secondary N) is 2. The van der Waals surface area contributed by atoms with Crippen LogP contribution >= 0.6 is 0 Å². The van der Waals surface area contributed by atoms with Crippen molar-refractivity contribution >= 4 is 6.03 Å². The lowest BCUT2D eigenvalue weighted by atomic mass is 10.1. The van der Waals surface area contributed by atoms with E-state index in [9.17, 15) is 4.79 Å². The van der Waals surface area contributed by atoms with Gasteiger partial charge in [0.1, 0.15) is 6.33 Å². The number of nitrogens with zero attached hydrogens (tertiary/aromatic N) is 5. The van der Waals surface area contributed by atoms with Gasteiger partial charge in [-0.25, -0.2) is 9.48 Å². The number of hydrogen-bond acceptors (Lipinski definition) is 4. The molecule has 8 nitrogen and oxygen atoms in total. The van der Waals surface area contributed by atoms with Gasteiger partial charge in [-0.05, 0) is 37.6 Å². The molecular formula is C17H21N7O. The Balaban J connectivity index is 1.64. The summed E-state index contributed by atoms with van der Waals surface area (Å²) in [6, 6.07) is 9.12. The van der Waals surface area contributed by atoms with Gasteiger partial charge in [0.25, 0.3) is 0 Å². The van der Waals surface area contributed by atoms with E-state index in [0.29, 0.717) is 5.82 Å². The third-order valence-electron chi connectivity index (χ3n) is 3.97. The van der Waals surface area contributed by atoms with Crippen LogP contribution < -0.4 is 10.6 Å². The smallest absolute Gasteiger partial charge is 0.315 e. The third kappa shape index (κ3) is 3.85. The predicted octanol–water partition coefficient (Wildman–Crippen LogP) is 2.12. The van der Waals surface area contributed by atoms with E-state index < -0.39 is 0 Å². The average Bonchev–Trinajstić information content (AvgIpc) is 3.26. The maximum absolute atomic E-state index is 12.3. The lowest BCUT2D eigenvalue weighted by molar-refractivity contribution is 0.234. The molecule has 2 heterocycles. The van der Waals surface area contributed by atoms with E-state index in [1.165, 1.54) is 0 Å². The number of rotatable bonds is 5. The highest BCUT2D eigenvalue weighted by atomic mass is 16.2. The van der Waals surface area contributed by atoms with Gasteiger partial charge in [0.2, 0.25) is 0 Å². The molecule has 0 aliphatic rings. The van der Waals surface area contributed by atoms with Crippen LogP contribution in [0, 0.1) is 0 Å². The summed E-state index contributed by atoms with van der Waals surface area (Å²) in [5, 5.41) is 17.9. The first-order valence-electron chi connectivity index (χ1n) is 8.05. The molecular weight excluding hydrogens is 318 g/mol. The summed E-state index contributed by atoms with van der Waals surface area (Å²) >= 11 is 0. The molecule has 0 bridgehead atoms. The van der Waals surface area contributed by atoms with Crippen molar-refractivity contribution in [3.8, 4) is 5.69 Å². The molecule has 0 fully saturated rings. The summed E-state index contributed by atoms with van der Waals surface area (Å²) in [4.78, 5) is 12.3. The molecule has 3 rings (SSSR count). The van der Waals surface area contributed by atoms with Gasteiger partial charge in [-0.2, -0.15) is 5.10 Å². The average molecular weight is 339 g/mol. The fraction of sp³-hybridized carbons (Fsp3) is 0.294. The Morgan fingerprint density at radius 3 is 2.64 bits per heavy atom. The van der Waals surface area contributed by atoms with Crippen LogP contribution in [0.15, 0.2) is 49.1 Å². The number of carbonyl (C=O) groups is 1. The Morgan fingerprint density at radius 1 is 1.16 bits per heavy atom. The first-order valence-corrected chi connectivity index (χ1v) is 8.05. The fourth-order valence-corrected chi connectivity index (χ4v) is 2.63. The zero-order valence-corrected chi connectivity index (χ0v) is 14.4. The Morgan fingerprint density at radius 2 is 1.96 bits per heavy atom. The van der Waals surface area contributed by atoms with Crippen molar-refractivity contribution in [2.24, 2.45) is 7.05 Å². The molecule has 1 aromatic carbocycles. The first-order chi connectivity index (χ1) is 12.0. The van der Waals surface area contributed by atoms with E-state index in [1.807, 2.05) is 57.4 Å². The van der Waals surface area contributed by atoms with Gasteiger partial charge in [-0.15, -0.1) is 10.2 Å². The number of amides is 2. The summed E-state index contributed by atoms with van der Waals surface area (Å²) in [7, 11) is 1.84. The maximum Gasteiger partial charge on any atom is 0.315 e.